The molecule has 4 rings (SSSR count). The van der Waals surface area contributed by atoms with Crippen LogP contribution in [0.3, 0.4) is 0 Å². The Hall–Kier alpha value is -2.73. The molecule has 0 aliphatic heterocycles. The number of imidazole rings is 1. The molecule has 6 heteroatoms. The highest BCUT2D eigenvalue weighted by Crippen LogP contribution is 2.20. The van der Waals surface area contributed by atoms with Crippen molar-refractivity contribution in [1.29, 1.82) is 0 Å². The predicted molar refractivity (Wildman–Crippen MR) is 80.4 cm³/mol. The highest BCUT2D eigenvalue weighted by Gasteiger charge is 2.16. The minimum atomic E-state index is 0.558. The maximum absolute atomic E-state index is 5.76. The number of aromatic nitrogens is 5. The zero-order chi connectivity index (χ0) is 14.2. The maximum Gasteiger partial charge on any atom is 0.178 e. The molecule has 0 aliphatic carbocycles. The van der Waals surface area contributed by atoms with Crippen molar-refractivity contribution in [3.8, 4) is 5.82 Å². The van der Waals surface area contributed by atoms with E-state index in [-0.39, 0.29) is 0 Å². The third-order valence-corrected chi connectivity index (χ3v) is 3.54. The first-order chi connectivity index (χ1) is 10.4. The van der Waals surface area contributed by atoms with Crippen LogP contribution in [0.4, 0.5) is 0 Å². The molecule has 0 fully saturated rings. The van der Waals surface area contributed by atoms with Gasteiger partial charge in [-0.05, 0) is 30.8 Å². The molecular weight excluding hydrogens is 264 g/mol. The first-order valence-electron chi connectivity index (χ1n) is 6.85. The molecule has 21 heavy (non-hydrogen) atoms. The number of nitrogens with two attached hydrogens (primary N) is 1. The Morgan fingerprint density at radius 2 is 1.90 bits per heavy atom. The number of rotatable bonds is 3. The minimum absolute atomic E-state index is 0.558. The first kappa shape index (κ1) is 12.0. The SMILES string of the molecule is NCCc1c(-n2nnc3ccccc32)nc2ccccn12. The van der Waals surface area contributed by atoms with E-state index < -0.39 is 0 Å². The fraction of sp³-hybridized carbons (Fsp3) is 0.133. The first-order valence-corrected chi connectivity index (χ1v) is 6.85. The Kier molecular flexibility index (Phi) is 2.68. The van der Waals surface area contributed by atoms with E-state index in [9.17, 15) is 0 Å². The Bertz CT molecular complexity index is 920. The number of hydrogen-bond donors (Lipinski definition) is 1. The van der Waals surface area contributed by atoms with Crippen molar-refractivity contribution < 1.29 is 0 Å². The summed E-state index contributed by atoms with van der Waals surface area (Å²) in [6, 6.07) is 13.8. The quantitative estimate of drug-likeness (QED) is 0.617. The summed E-state index contributed by atoms with van der Waals surface area (Å²) < 4.78 is 3.84. The lowest BCUT2D eigenvalue weighted by Crippen LogP contribution is -2.09. The lowest BCUT2D eigenvalue weighted by Gasteiger charge is -2.03. The molecule has 4 aromatic rings. The second-order valence-corrected chi connectivity index (χ2v) is 4.84. The summed E-state index contributed by atoms with van der Waals surface area (Å²) in [5, 5.41) is 8.45. The van der Waals surface area contributed by atoms with Crippen molar-refractivity contribution >= 4 is 16.7 Å². The topological polar surface area (TPSA) is 74.0 Å². The number of nitrogens with zero attached hydrogens (tertiary/aromatic N) is 5. The van der Waals surface area contributed by atoms with Crippen molar-refractivity contribution in [2.75, 3.05) is 6.54 Å². The molecule has 0 radical (unpaired) electrons. The van der Waals surface area contributed by atoms with Crippen LogP contribution in [0.25, 0.3) is 22.5 Å². The zero-order valence-corrected chi connectivity index (χ0v) is 11.3. The second kappa shape index (κ2) is 4.68. The Balaban J connectivity index is 2.03. The van der Waals surface area contributed by atoms with Crippen molar-refractivity contribution in [1.82, 2.24) is 24.4 Å². The number of hydrogen-bond acceptors (Lipinski definition) is 4. The Morgan fingerprint density at radius 3 is 2.81 bits per heavy atom. The van der Waals surface area contributed by atoms with E-state index in [1.54, 1.807) is 4.68 Å². The van der Waals surface area contributed by atoms with E-state index in [0.717, 1.165) is 34.6 Å². The highest BCUT2D eigenvalue weighted by atomic mass is 15.5. The molecule has 0 amide bonds. The Labute approximate surface area is 120 Å². The van der Waals surface area contributed by atoms with Crippen molar-refractivity contribution in [2.24, 2.45) is 5.73 Å². The number of para-hydroxylation sites is 1. The van der Waals surface area contributed by atoms with Gasteiger partial charge in [-0.15, -0.1) is 5.10 Å². The van der Waals surface area contributed by atoms with Crippen LogP contribution >= 0.6 is 0 Å². The standard InChI is InChI=1S/C15H14N6/c16-9-8-13-15(17-14-7-3-4-10-20(13)14)21-12-6-2-1-5-11(12)18-19-21/h1-7,10H,8-9,16H2. The van der Waals surface area contributed by atoms with Gasteiger partial charge in [-0.25, -0.2) is 4.98 Å². The zero-order valence-electron chi connectivity index (χ0n) is 11.3. The summed E-state index contributed by atoms with van der Waals surface area (Å²) in [6.45, 7) is 0.558. The number of fused-ring (bicyclic) bond motifs is 2. The molecule has 104 valence electrons. The molecule has 3 heterocycles. The average molecular weight is 278 g/mol. The van der Waals surface area contributed by atoms with Crippen LogP contribution in [0, 0.1) is 0 Å². The second-order valence-electron chi connectivity index (χ2n) is 4.84. The monoisotopic (exact) mass is 278 g/mol. The van der Waals surface area contributed by atoms with Crippen LogP contribution in [0.15, 0.2) is 48.7 Å². The molecule has 0 atom stereocenters. The fourth-order valence-electron chi connectivity index (χ4n) is 2.60. The van der Waals surface area contributed by atoms with Gasteiger partial charge >= 0.3 is 0 Å². The van der Waals surface area contributed by atoms with Gasteiger partial charge < -0.3 is 10.1 Å². The normalized spacial score (nSPS) is 11.5. The molecule has 0 saturated carbocycles. The molecule has 1 aromatic carbocycles. The third-order valence-electron chi connectivity index (χ3n) is 3.54. The van der Waals surface area contributed by atoms with E-state index in [2.05, 4.69) is 14.7 Å². The third kappa shape index (κ3) is 1.80. The van der Waals surface area contributed by atoms with E-state index >= 15 is 0 Å². The summed E-state index contributed by atoms with van der Waals surface area (Å²) in [4.78, 5) is 4.69. The molecule has 0 unspecified atom stereocenters. The van der Waals surface area contributed by atoms with Crippen LogP contribution in [0.2, 0.25) is 0 Å². The average Bonchev–Trinajstić information content (AvgIpc) is 3.09. The maximum atomic E-state index is 5.76. The Morgan fingerprint density at radius 1 is 1.05 bits per heavy atom. The van der Waals surface area contributed by atoms with E-state index in [0.29, 0.717) is 6.54 Å². The molecule has 0 saturated heterocycles. The van der Waals surface area contributed by atoms with Gasteiger partial charge in [-0.1, -0.05) is 23.4 Å². The predicted octanol–water partition coefficient (Wildman–Crippen LogP) is 1.57. The van der Waals surface area contributed by atoms with E-state index in [1.807, 2.05) is 48.7 Å². The summed E-state index contributed by atoms with van der Waals surface area (Å²) in [5.74, 6) is 0.792. The summed E-state index contributed by atoms with van der Waals surface area (Å²) in [5.41, 5.74) is 9.49. The number of benzene rings is 1. The summed E-state index contributed by atoms with van der Waals surface area (Å²) in [6.07, 6.45) is 2.73. The van der Waals surface area contributed by atoms with Crippen molar-refractivity contribution in [3.05, 3.63) is 54.4 Å². The molecule has 6 nitrogen and oxygen atoms in total. The molecule has 3 aromatic heterocycles. The van der Waals surface area contributed by atoms with Gasteiger partial charge in [0.2, 0.25) is 0 Å². The fourth-order valence-corrected chi connectivity index (χ4v) is 2.60. The highest BCUT2D eigenvalue weighted by molar-refractivity contribution is 5.76. The van der Waals surface area contributed by atoms with Crippen LogP contribution in [0.1, 0.15) is 5.69 Å². The summed E-state index contributed by atoms with van der Waals surface area (Å²) in [7, 11) is 0. The van der Waals surface area contributed by atoms with Crippen LogP contribution in [-0.4, -0.2) is 30.9 Å². The van der Waals surface area contributed by atoms with E-state index in [1.165, 1.54) is 0 Å². The van der Waals surface area contributed by atoms with Gasteiger partial charge in [-0.2, -0.15) is 4.68 Å². The molecular formula is C15H14N6. The largest absolute Gasteiger partial charge is 0.330 e. The lowest BCUT2D eigenvalue weighted by molar-refractivity contribution is 0.785. The van der Waals surface area contributed by atoms with Crippen molar-refractivity contribution in [3.63, 3.8) is 0 Å². The van der Waals surface area contributed by atoms with Crippen LogP contribution in [0.5, 0.6) is 0 Å². The van der Waals surface area contributed by atoms with Gasteiger partial charge in [0.25, 0.3) is 0 Å². The van der Waals surface area contributed by atoms with Gasteiger partial charge in [0.1, 0.15) is 11.2 Å². The van der Waals surface area contributed by atoms with E-state index in [4.69, 9.17) is 10.7 Å². The molecule has 2 N–H and O–H groups in total. The summed E-state index contributed by atoms with van der Waals surface area (Å²) >= 11 is 0. The lowest BCUT2D eigenvalue weighted by atomic mass is 10.3. The van der Waals surface area contributed by atoms with Gasteiger partial charge in [-0.3, -0.25) is 0 Å². The van der Waals surface area contributed by atoms with Crippen LogP contribution in [-0.2, 0) is 6.42 Å². The van der Waals surface area contributed by atoms with Gasteiger partial charge in [0.15, 0.2) is 5.82 Å². The van der Waals surface area contributed by atoms with Gasteiger partial charge in [0.05, 0.1) is 11.2 Å². The molecule has 0 aliphatic rings. The minimum Gasteiger partial charge on any atom is -0.330 e. The van der Waals surface area contributed by atoms with Crippen LogP contribution < -0.4 is 5.73 Å². The molecule has 0 spiro atoms. The smallest absolute Gasteiger partial charge is 0.178 e. The molecule has 0 bridgehead atoms. The number of pyridine rings is 1. The van der Waals surface area contributed by atoms with Crippen molar-refractivity contribution in [2.45, 2.75) is 6.42 Å². The van der Waals surface area contributed by atoms with Gasteiger partial charge in [0, 0.05) is 12.6 Å².